The predicted octanol–water partition coefficient (Wildman–Crippen LogP) is 0.264. The minimum Gasteiger partial charge on any atom is -0.322 e. The molecule has 0 bridgehead atoms. The van der Waals surface area contributed by atoms with E-state index >= 15 is 0 Å². The van der Waals surface area contributed by atoms with Crippen LogP contribution in [-0.4, -0.2) is 43.3 Å². The SMILES string of the molecule is O=C1NC(=O)C2(CCN(S(=O)(=O)c3ccc(I)cc3)C2)N1. The van der Waals surface area contributed by atoms with Gasteiger partial charge in [-0.15, -0.1) is 0 Å². The van der Waals surface area contributed by atoms with Gasteiger partial charge in [-0.25, -0.2) is 13.2 Å². The fourth-order valence-corrected chi connectivity index (χ4v) is 4.41. The molecule has 0 aromatic heterocycles. The fourth-order valence-electron chi connectivity index (χ4n) is 2.55. The number of nitrogens with zero attached hydrogens (tertiary/aromatic N) is 1. The summed E-state index contributed by atoms with van der Waals surface area (Å²) in [4.78, 5) is 23.3. The predicted molar refractivity (Wildman–Crippen MR) is 81.9 cm³/mol. The first-order valence-electron chi connectivity index (χ1n) is 6.23. The van der Waals surface area contributed by atoms with Gasteiger partial charge < -0.3 is 5.32 Å². The average Bonchev–Trinajstić information content (AvgIpc) is 2.96. The van der Waals surface area contributed by atoms with Gasteiger partial charge in [0.05, 0.1) is 4.90 Å². The number of hydrogen-bond acceptors (Lipinski definition) is 4. The summed E-state index contributed by atoms with van der Waals surface area (Å²) in [5.41, 5.74) is -1.13. The third-order valence-electron chi connectivity index (χ3n) is 3.70. The molecule has 2 aliphatic rings. The highest BCUT2D eigenvalue weighted by Gasteiger charge is 2.53. The number of imide groups is 1. The monoisotopic (exact) mass is 421 g/mol. The quantitative estimate of drug-likeness (QED) is 0.529. The molecule has 0 aliphatic carbocycles. The van der Waals surface area contributed by atoms with Crippen molar-refractivity contribution in [2.75, 3.05) is 13.1 Å². The molecule has 3 amide bonds. The van der Waals surface area contributed by atoms with Gasteiger partial charge in [0.1, 0.15) is 5.54 Å². The topological polar surface area (TPSA) is 95.6 Å². The van der Waals surface area contributed by atoms with Gasteiger partial charge in [0.25, 0.3) is 5.91 Å². The van der Waals surface area contributed by atoms with E-state index in [1.165, 1.54) is 16.4 Å². The Hall–Kier alpha value is -1.20. The van der Waals surface area contributed by atoms with Gasteiger partial charge >= 0.3 is 6.03 Å². The van der Waals surface area contributed by atoms with Crippen LogP contribution in [0.2, 0.25) is 0 Å². The smallest absolute Gasteiger partial charge is 0.322 e. The lowest BCUT2D eigenvalue weighted by Gasteiger charge is -2.21. The standard InChI is InChI=1S/C12H12IN3O4S/c13-8-1-3-9(4-2-8)21(19,20)16-6-5-12(7-16)10(17)14-11(18)15-12/h1-4H,5-7H2,(H2,14,15,17,18). The zero-order valence-electron chi connectivity index (χ0n) is 10.8. The van der Waals surface area contributed by atoms with Crippen LogP contribution in [0.3, 0.4) is 0 Å². The maximum absolute atomic E-state index is 12.6. The van der Waals surface area contributed by atoms with Gasteiger partial charge in [-0.2, -0.15) is 4.31 Å². The van der Waals surface area contributed by atoms with Crippen LogP contribution in [0, 0.1) is 3.57 Å². The summed E-state index contributed by atoms with van der Waals surface area (Å²) in [7, 11) is -3.66. The van der Waals surface area contributed by atoms with E-state index in [0.717, 1.165) is 3.57 Å². The summed E-state index contributed by atoms with van der Waals surface area (Å²) >= 11 is 2.09. The summed E-state index contributed by atoms with van der Waals surface area (Å²) in [6.45, 7) is 0.154. The molecule has 0 radical (unpaired) electrons. The second-order valence-electron chi connectivity index (χ2n) is 5.03. The van der Waals surface area contributed by atoms with Gasteiger partial charge in [0, 0.05) is 16.7 Å². The van der Waals surface area contributed by atoms with Gasteiger partial charge in [-0.05, 0) is 53.3 Å². The van der Waals surface area contributed by atoms with Gasteiger partial charge in [-0.1, -0.05) is 0 Å². The first-order chi connectivity index (χ1) is 9.83. The second-order valence-corrected chi connectivity index (χ2v) is 8.22. The molecule has 3 rings (SSSR count). The number of benzene rings is 1. The highest BCUT2D eigenvalue weighted by Crippen LogP contribution is 2.29. The normalized spacial score (nSPS) is 26.1. The summed E-state index contributed by atoms with van der Waals surface area (Å²) in [6, 6.07) is 5.92. The molecule has 1 spiro atoms. The van der Waals surface area contributed by atoms with Gasteiger partial charge in [0.15, 0.2) is 0 Å². The Morgan fingerprint density at radius 2 is 1.86 bits per heavy atom. The number of carbonyl (C=O) groups is 2. The molecule has 2 aliphatic heterocycles. The Bertz CT molecular complexity index is 719. The maximum atomic E-state index is 12.6. The summed E-state index contributed by atoms with van der Waals surface area (Å²) in [5.74, 6) is -0.465. The van der Waals surface area contributed by atoms with Crippen LogP contribution >= 0.6 is 22.6 Å². The minimum absolute atomic E-state index is 0.0428. The van der Waals surface area contributed by atoms with E-state index in [1.54, 1.807) is 12.1 Å². The Morgan fingerprint density at radius 1 is 1.19 bits per heavy atom. The summed E-state index contributed by atoms with van der Waals surface area (Å²) < 4.78 is 27.3. The van der Waals surface area contributed by atoms with Crippen molar-refractivity contribution < 1.29 is 18.0 Å². The van der Waals surface area contributed by atoms with E-state index < -0.39 is 27.5 Å². The molecule has 0 saturated carbocycles. The van der Waals surface area contributed by atoms with Gasteiger partial charge in [0.2, 0.25) is 10.0 Å². The third-order valence-corrected chi connectivity index (χ3v) is 6.28. The Labute approximate surface area is 135 Å². The highest BCUT2D eigenvalue weighted by molar-refractivity contribution is 14.1. The second kappa shape index (κ2) is 4.92. The third kappa shape index (κ3) is 2.42. The van der Waals surface area contributed by atoms with E-state index in [1.807, 2.05) is 0 Å². The van der Waals surface area contributed by atoms with E-state index in [0.29, 0.717) is 0 Å². The van der Waals surface area contributed by atoms with Crippen LogP contribution in [0.15, 0.2) is 29.2 Å². The lowest BCUT2D eigenvalue weighted by Crippen LogP contribution is -2.49. The molecule has 112 valence electrons. The van der Waals surface area contributed by atoms with E-state index in [2.05, 4.69) is 33.2 Å². The van der Waals surface area contributed by atoms with Crippen molar-refractivity contribution in [2.45, 2.75) is 16.9 Å². The Morgan fingerprint density at radius 3 is 2.43 bits per heavy atom. The number of urea groups is 1. The molecule has 2 fully saturated rings. The molecule has 1 unspecified atom stereocenters. The average molecular weight is 421 g/mol. The van der Waals surface area contributed by atoms with Crippen LogP contribution in [-0.2, 0) is 14.8 Å². The van der Waals surface area contributed by atoms with Crippen molar-refractivity contribution in [2.24, 2.45) is 0 Å². The van der Waals surface area contributed by atoms with E-state index in [4.69, 9.17) is 0 Å². The minimum atomic E-state index is -3.66. The van der Waals surface area contributed by atoms with Crippen LogP contribution in [0.5, 0.6) is 0 Å². The number of rotatable bonds is 2. The molecule has 1 aromatic carbocycles. The number of nitrogens with one attached hydrogen (secondary N) is 2. The van der Waals surface area contributed by atoms with Crippen molar-refractivity contribution >= 4 is 44.6 Å². The Balaban J connectivity index is 1.87. The number of amides is 3. The zero-order valence-corrected chi connectivity index (χ0v) is 13.8. The number of sulfonamides is 1. The van der Waals surface area contributed by atoms with Crippen molar-refractivity contribution in [1.29, 1.82) is 0 Å². The van der Waals surface area contributed by atoms with E-state index in [9.17, 15) is 18.0 Å². The largest absolute Gasteiger partial charge is 0.322 e. The lowest BCUT2D eigenvalue weighted by molar-refractivity contribution is -0.123. The van der Waals surface area contributed by atoms with Crippen LogP contribution in [0.1, 0.15) is 6.42 Å². The summed E-state index contributed by atoms with van der Waals surface area (Å²) in [5, 5.41) is 4.69. The van der Waals surface area contributed by atoms with Crippen LogP contribution < -0.4 is 10.6 Å². The lowest BCUT2D eigenvalue weighted by atomic mass is 10.00. The molecule has 9 heteroatoms. The van der Waals surface area contributed by atoms with Crippen LogP contribution in [0.4, 0.5) is 4.79 Å². The first kappa shape index (κ1) is 14.7. The Kier molecular flexibility index (Phi) is 3.45. The fraction of sp³-hybridized carbons (Fsp3) is 0.333. The van der Waals surface area contributed by atoms with Crippen molar-refractivity contribution in [3.8, 4) is 0 Å². The van der Waals surface area contributed by atoms with Gasteiger partial charge in [-0.3, -0.25) is 10.1 Å². The van der Waals surface area contributed by atoms with Crippen molar-refractivity contribution in [3.05, 3.63) is 27.8 Å². The van der Waals surface area contributed by atoms with Crippen LogP contribution in [0.25, 0.3) is 0 Å². The molecule has 2 N–H and O–H groups in total. The molecule has 2 heterocycles. The molecular formula is C12H12IN3O4S. The molecule has 1 atom stereocenters. The van der Waals surface area contributed by atoms with E-state index in [-0.39, 0.29) is 24.4 Å². The zero-order chi connectivity index (χ0) is 15.3. The molecule has 2 saturated heterocycles. The first-order valence-corrected chi connectivity index (χ1v) is 8.75. The number of hydrogen-bond donors (Lipinski definition) is 2. The molecule has 1 aromatic rings. The highest BCUT2D eigenvalue weighted by atomic mass is 127. The molecule has 7 nitrogen and oxygen atoms in total. The summed E-state index contributed by atoms with van der Waals surface area (Å²) in [6.07, 6.45) is 0.272. The van der Waals surface area contributed by atoms with Crippen molar-refractivity contribution in [1.82, 2.24) is 14.9 Å². The number of carbonyl (C=O) groups excluding carboxylic acids is 2. The number of halogens is 1. The maximum Gasteiger partial charge on any atom is 0.322 e. The van der Waals surface area contributed by atoms with Crippen molar-refractivity contribution in [3.63, 3.8) is 0 Å². The molecule has 21 heavy (non-hydrogen) atoms. The molecular weight excluding hydrogens is 409 g/mol.